The smallest absolute Gasteiger partial charge is 0.416 e. The molecule has 0 bridgehead atoms. The van der Waals surface area contributed by atoms with Gasteiger partial charge in [-0.15, -0.1) is 0 Å². The van der Waals surface area contributed by atoms with Crippen LogP contribution in [-0.2, 0) is 17.5 Å². The van der Waals surface area contributed by atoms with Crippen LogP contribution in [0.5, 0.6) is 11.6 Å². The summed E-state index contributed by atoms with van der Waals surface area (Å²) in [5.74, 6) is -0.507. The van der Waals surface area contributed by atoms with E-state index in [1.165, 1.54) is 12.1 Å². The van der Waals surface area contributed by atoms with E-state index in [1.807, 2.05) is 30.3 Å². The summed E-state index contributed by atoms with van der Waals surface area (Å²) in [4.78, 5) is 32.3. The molecule has 2 saturated heterocycles. The van der Waals surface area contributed by atoms with E-state index in [0.717, 1.165) is 48.1 Å². The quantitative estimate of drug-likeness (QED) is 0.415. The van der Waals surface area contributed by atoms with Crippen LogP contribution in [0, 0.1) is 5.92 Å². The molecule has 0 radical (unpaired) electrons. The Morgan fingerprint density at radius 1 is 1.15 bits per heavy atom. The molecule has 2 aliphatic rings. The van der Waals surface area contributed by atoms with E-state index in [4.69, 9.17) is 10.5 Å². The standard InChI is InChI=1S/C29H32F3N5O4/c30-29(31,32)20-7-4-8-21(15-20)41-25-24(33)27(39)37(18-35-25)17-28(40)10-13-36(14-11-28)26(38)22-9-12-34-16-23(22)19-5-2-1-3-6-19/h1-8,15,18,22-23,34,40H,9-14,16-17,33H2/t22-,23+/m1/s1. The van der Waals surface area contributed by atoms with Crippen LogP contribution < -0.4 is 21.3 Å². The highest BCUT2D eigenvalue weighted by molar-refractivity contribution is 5.80. The molecule has 12 heteroatoms. The molecule has 2 aromatic carbocycles. The molecule has 218 valence electrons. The van der Waals surface area contributed by atoms with Gasteiger partial charge in [-0.05, 0) is 49.6 Å². The predicted octanol–water partition coefficient (Wildman–Crippen LogP) is 3.38. The minimum Gasteiger partial charge on any atom is -0.437 e. The topological polar surface area (TPSA) is 123 Å². The molecule has 0 saturated carbocycles. The summed E-state index contributed by atoms with van der Waals surface area (Å²) in [6.45, 7) is 2.07. The van der Waals surface area contributed by atoms with Crippen molar-refractivity contribution >= 4 is 11.6 Å². The number of carbonyl (C=O) groups excluding carboxylic acids is 1. The fraction of sp³-hybridized carbons (Fsp3) is 0.414. The van der Waals surface area contributed by atoms with Gasteiger partial charge in [0.05, 0.1) is 17.7 Å². The molecule has 2 aliphatic heterocycles. The maximum Gasteiger partial charge on any atom is 0.416 e. The highest BCUT2D eigenvalue weighted by Gasteiger charge is 2.39. The van der Waals surface area contributed by atoms with E-state index < -0.39 is 22.9 Å². The van der Waals surface area contributed by atoms with E-state index >= 15 is 0 Å². The van der Waals surface area contributed by atoms with Crippen LogP contribution in [0.4, 0.5) is 18.9 Å². The fourth-order valence-electron chi connectivity index (χ4n) is 5.59. The molecule has 5 rings (SSSR count). The number of piperidine rings is 2. The number of nitrogens with one attached hydrogen (secondary N) is 1. The van der Waals surface area contributed by atoms with Gasteiger partial charge in [-0.3, -0.25) is 14.2 Å². The van der Waals surface area contributed by atoms with Gasteiger partial charge in [-0.1, -0.05) is 36.4 Å². The zero-order valence-electron chi connectivity index (χ0n) is 22.3. The highest BCUT2D eigenvalue weighted by Crippen LogP contribution is 2.34. The number of ether oxygens (including phenoxy) is 1. The van der Waals surface area contributed by atoms with Crippen molar-refractivity contribution in [1.29, 1.82) is 0 Å². The number of benzene rings is 2. The normalized spacial score (nSPS) is 20.9. The zero-order chi connectivity index (χ0) is 29.2. The number of halogens is 3. The van der Waals surface area contributed by atoms with Crippen molar-refractivity contribution in [2.75, 3.05) is 31.9 Å². The number of hydrogen-bond acceptors (Lipinski definition) is 7. The summed E-state index contributed by atoms with van der Waals surface area (Å²) < 4.78 is 45.6. The summed E-state index contributed by atoms with van der Waals surface area (Å²) in [6.07, 6.45) is -2.16. The average molecular weight is 572 g/mol. The highest BCUT2D eigenvalue weighted by atomic mass is 19.4. The molecule has 3 aromatic rings. The number of hydrogen-bond donors (Lipinski definition) is 3. The summed E-state index contributed by atoms with van der Waals surface area (Å²) >= 11 is 0. The molecule has 3 heterocycles. The minimum atomic E-state index is -4.56. The molecule has 1 aromatic heterocycles. The van der Waals surface area contributed by atoms with Crippen LogP contribution in [0.25, 0.3) is 0 Å². The van der Waals surface area contributed by atoms with Crippen molar-refractivity contribution in [2.24, 2.45) is 5.92 Å². The first-order chi connectivity index (χ1) is 19.5. The van der Waals surface area contributed by atoms with E-state index in [2.05, 4.69) is 10.3 Å². The summed E-state index contributed by atoms with van der Waals surface area (Å²) in [5.41, 5.74) is 3.79. The van der Waals surface area contributed by atoms with E-state index in [-0.39, 0.29) is 54.4 Å². The third kappa shape index (κ3) is 6.38. The molecule has 9 nitrogen and oxygen atoms in total. The molecule has 4 N–H and O–H groups in total. The summed E-state index contributed by atoms with van der Waals surface area (Å²) in [7, 11) is 0. The van der Waals surface area contributed by atoms with E-state index in [9.17, 15) is 27.9 Å². The number of anilines is 1. The Hall–Kier alpha value is -3.90. The number of rotatable bonds is 6. The predicted molar refractivity (Wildman–Crippen MR) is 145 cm³/mol. The van der Waals surface area contributed by atoms with Crippen LogP contribution in [0.2, 0.25) is 0 Å². The Kier molecular flexibility index (Phi) is 8.05. The lowest BCUT2D eigenvalue weighted by Crippen LogP contribution is -2.52. The SMILES string of the molecule is Nc1c(Oc2cccc(C(F)(F)F)c2)ncn(CC2(O)CCN(C(=O)[C@@H]3CCNC[C@H]3c3ccccc3)CC2)c1=O. The molecule has 2 fully saturated rings. The molecule has 41 heavy (non-hydrogen) atoms. The first-order valence-corrected chi connectivity index (χ1v) is 13.5. The molecule has 2 atom stereocenters. The molecular weight excluding hydrogens is 539 g/mol. The van der Waals surface area contributed by atoms with Gasteiger partial charge in [0, 0.05) is 31.5 Å². The van der Waals surface area contributed by atoms with Crippen LogP contribution in [0.15, 0.2) is 65.7 Å². The zero-order valence-corrected chi connectivity index (χ0v) is 22.3. The molecular formula is C29H32F3N5O4. The third-order valence-corrected chi connectivity index (χ3v) is 7.91. The van der Waals surface area contributed by atoms with Crippen molar-refractivity contribution in [2.45, 2.75) is 43.5 Å². The monoisotopic (exact) mass is 571 g/mol. The summed E-state index contributed by atoms with van der Waals surface area (Å²) in [6, 6.07) is 14.1. The second-order valence-corrected chi connectivity index (χ2v) is 10.7. The van der Waals surface area contributed by atoms with Gasteiger partial charge in [0.1, 0.15) is 12.1 Å². The lowest BCUT2D eigenvalue weighted by atomic mass is 9.80. The Balaban J connectivity index is 1.23. The Labute approximate surface area is 234 Å². The number of amides is 1. The van der Waals surface area contributed by atoms with Crippen molar-refractivity contribution in [3.05, 3.63) is 82.4 Å². The van der Waals surface area contributed by atoms with Crippen molar-refractivity contribution in [3.63, 3.8) is 0 Å². The van der Waals surface area contributed by atoms with Crippen LogP contribution in [0.1, 0.15) is 36.3 Å². The largest absolute Gasteiger partial charge is 0.437 e. The minimum absolute atomic E-state index is 0.0709. The molecule has 1 amide bonds. The van der Waals surface area contributed by atoms with Gasteiger partial charge in [0.15, 0.2) is 5.69 Å². The number of nitrogens with zero attached hydrogens (tertiary/aromatic N) is 3. The fourth-order valence-corrected chi connectivity index (χ4v) is 5.59. The number of carbonyl (C=O) groups is 1. The lowest BCUT2D eigenvalue weighted by molar-refractivity contribution is -0.141. The number of aromatic nitrogens is 2. The second kappa shape index (κ2) is 11.5. The van der Waals surface area contributed by atoms with Crippen molar-refractivity contribution in [3.8, 4) is 11.6 Å². The lowest BCUT2D eigenvalue weighted by Gasteiger charge is -2.41. The number of likely N-dealkylation sites (tertiary alicyclic amines) is 1. The van der Waals surface area contributed by atoms with Crippen LogP contribution in [-0.4, -0.2) is 57.2 Å². The first kappa shape index (κ1) is 28.6. The average Bonchev–Trinajstić information content (AvgIpc) is 2.97. The number of aliphatic hydroxyl groups is 1. The Morgan fingerprint density at radius 2 is 1.88 bits per heavy atom. The maximum absolute atomic E-state index is 13.5. The first-order valence-electron chi connectivity index (χ1n) is 13.5. The summed E-state index contributed by atoms with van der Waals surface area (Å²) in [5, 5.41) is 14.7. The van der Waals surface area contributed by atoms with Crippen molar-refractivity contribution in [1.82, 2.24) is 19.8 Å². The van der Waals surface area contributed by atoms with Gasteiger partial charge >= 0.3 is 6.18 Å². The maximum atomic E-state index is 13.5. The van der Waals surface area contributed by atoms with Crippen LogP contribution in [0.3, 0.4) is 0 Å². The van der Waals surface area contributed by atoms with Crippen LogP contribution >= 0.6 is 0 Å². The Morgan fingerprint density at radius 3 is 2.59 bits per heavy atom. The molecule has 0 aliphatic carbocycles. The van der Waals surface area contributed by atoms with Gasteiger partial charge in [-0.2, -0.15) is 13.2 Å². The Bertz CT molecular complexity index is 1440. The van der Waals surface area contributed by atoms with Gasteiger partial charge < -0.3 is 25.8 Å². The van der Waals surface area contributed by atoms with E-state index in [1.54, 1.807) is 4.90 Å². The third-order valence-electron chi connectivity index (χ3n) is 7.91. The second-order valence-electron chi connectivity index (χ2n) is 10.7. The number of nitrogens with two attached hydrogens (primary N) is 1. The van der Waals surface area contributed by atoms with Gasteiger partial charge in [-0.25, -0.2) is 4.98 Å². The van der Waals surface area contributed by atoms with Crippen molar-refractivity contribution < 1.29 is 27.8 Å². The number of nitrogen functional groups attached to an aromatic ring is 1. The number of alkyl halides is 3. The van der Waals surface area contributed by atoms with Gasteiger partial charge in [0.25, 0.3) is 5.56 Å². The molecule has 0 spiro atoms. The van der Waals surface area contributed by atoms with E-state index in [0.29, 0.717) is 13.1 Å². The van der Waals surface area contributed by atoms with Gasteiger partial charge in [0.2, 0.25) is 11.8 Å². The molecule has 0 unspecified atom stereocenters.